The predicted molar refractivity (Wildman–Crippen MR) is 76.7 cm³/mol. The Labute approximate surface area is 114 Å². The number of aryl methyl sites for hydroxylation is 1. The molecule has 1 rings (SSSR count). The number of anilines is 1. The van der Waals surface area contributed by atoms with E-state index in [9.17, 15) is 9.90 Å². The van der Waals surface area contributed by atoms with Gasteiger partial charge in [-0.2, -0.15) is 0 Å². The zero-order chi connectivity index (χ0) is 14.4. The Morgan fingerprint density at radius 2 is 2.05 bits per heavy atom. The van der Waals surface area contributed by atoms with E-state index < -0.39 is 5.97 Å². The van der Waals surface area contributed by atoms with Crippen LogP contribution < -0.4 is 4.90 Å². The van der Waals surface area contributed by atoms with Crippen molar-refractivity contribution < 1.29 is 15.0 Å². The number of rotatable bonds is 6. The van der Waals surface area contributed by atoms with Gasteiger partial charge in [-0.25, -0.2) is 4.79 Å². The normalized spacial score (nSPS) is 11.4. The van der Waals surface area contributed by atoms with Crippen LogP contribution in [0.1, 0.15) is 25.8 Å². The molecule has 19 heavy (non-hydrogen) atoms. The molecule has 0 aliphatic carbocycles. The first-order valence-electron chi connectivity index (χ1n) is 6.46. The molecular weight excluding hydrogens is 242 g/mol. The maximum atomic E-state index is 11.0. The van der Waals surface area contributed by atoms with Crippen LogP contribution in [0.15, 0.2) is 29.8 Å². The molecule has 0 saturated heterocycles. The SMILES string of the molecule is CC/C(=C/CN(CC)c1cc(O)ccc1C)C(=O)O. The van der Waals surface area contributed by atoms with Crippen LogP contribution in [-0.4, -0.2) is 29.3 Å². The number of aliphatic carboxylic acids is 1. The molecule has 104 valence electrons. The second-order valence-corrected chi connectivity index (χ2v) is 4.40. The summed E-state index contributed by atoms with van der Waals surface area (Å²) in [5.41, 5.74) is 2.40. The van der Waals surface area contributed by atoms with Gasteiger partial charge in [-0.05, 0) is 31.9 Å². The molecule has 0 heterocycles. The van der Waals surface area contributed by atoms with Crippen molar-refractivity contribution in [2.75, 3.05) is 18.0 Å². The van der Waals surface area contributed by atoms with Crippen molar-refractivity contribution in [3.05, 3.63) is 35.4 Å². The molecule has 2 N–H and O–H groups in total. The smallest absolute Gasteiger partial charge is 0.331 e. The summed E-state index contributed by atoms with van der Waals surface area (Å²) in [6.45, 7) is 7.08. The molecule has 0 amide bonds. The summed E-state index contributed by atoms with van der Waals surface area (Å²) in [5, 5.41) is 18.6. The molecule has 0 bridgehead atoms. The number of carboxylic acids is 1. The number of nitrogens with zero attached hydrogens (tertiary/aromatic N) is 1. The summed E-state index contributed by atoms with van der Waals surface area (Å²) in [4.78, 5) is 13.0. The minimum absolute atomic E-state index is 0.219. The molecular formula is C15H21NO3. The minimum atomic E-state index is -0.869. The number of benzene rings is 1. The Balaban J connectivity index is 2.95. The van der Waals surface area contributed by atoms with E-state index in [1.807, 2.05) is 31.7 Å². The fourth-order valence-corrected chi connectivity index (χ4v) is 1.94. The van der Waals surface area contributed by atoms with Crippen molar-refractivity contribution in [2.45, 2.75) is 27.2 Å². The highest BCUT2D eigenvalue weighted by molar-refractivity contribution is 5.86. The lowest BCUT2D eigenvalue weighted by Crippen LogP contribution is -2.24. The summed E-state index contributed by atoms with van der Waals surface area (Å²) in [5.74, 6) is -0.650. The number of likely N-dealkylation sites (N-methyl/N-ethyl adjacent to an activating group) is 1. The first-order valence-corrected chi connectivity index (χ1v) is 6.46. The lowest BCUT2D eigenvalue weighted by atomic mass is 10.1. The van der Waals surface area contributed by atoms with Crippen molar-refractivity contribution in [1.29, 1.82) is 0 Å². The maximum Gasteiger partial charge on any atom is 0.331 e. The summed E-state index contributed by atoms with van der Waals surface area (Å²) in [6.07, 6.45) is 2.24. The van der Waals surface area contributed by atoms with Crippen LogP contribution >= 0.6 is 0 Å². The third-order valence-electron chi connectivity index (χ3n) is 3.13. The quantitative estimate of drug-likeness (QED) is 0.775. The van der Waals surface area contributed by atoms with Crippen LogP contribution in [-0.2, 0) is 4.79 Å². The third-order valence-corrected chi connectivity index (χ3v) is 3.13. The van der Waals surface area contributed by atoms with Gasteiger partial charge in [0.1, 0.15) is 5.75 Å². The Morgan fingerprint density at radius 1 is 1.37 bits per heavy atom. The second kappa shape index (κ2) is 6.83. The van der Waals surface area contributed by atoms with Crippen LogP contribution in [0.5, 0.6) is 5.75 Å². The van der Waals surface area contributed by atoms with Gasteiger partial charge >= 0.3 is 5.97 Å². The van der Waals surface area contributed by atoms with E-state index in [1.165, 1.54) is 0 Å². The molecule has 1 aromatic carbocycles. The highest BCUT2D eigenvalue weighted by Crippen LogP contribution is 2.24. The maximum absolute atomic E-state index is 11.0. The number of phenols is 1. The van der Waals surface area contributed by atoms with E-state index in [4.69, 9.17) is 5.11 Å². The number of phenolic OH excluding ortho intramolecular Hbond substituents is 1. The van der Waals surface area contributed by atoms with E-state index in [0.717, 1.165) is 17.8 Å². The fourth-order valence-electron chi connectivity index (χ4n) is 1.94. The van der Waals surface area contributed by atoms with Crippen molar-refractivity contribution >= 4 is 11.7 Å². The molecule has 0 saturated carbocycles. The summed E-state index contributed by atoms with van der Waals surface area (Å²) < 4.78 is 0. The molecule has 1 aromatic rings. The van der Waals surface area contributed by atoms with Crippen molar-refractivity contribution in [2.24, 2.45) is 0 Å². The zero-order valence-corrected chi connectivity index (χ0v) is 11.7. The van der Waals surface area contributed by atoms with Gasteiger partial charge < -0.3 is 15.1 Å². The highest BCUT2D eigenvalue weighted by atomic mass is 16.4. The molecule has 0 atom stereocenters. The van der Waals surface area contributed by atoms with E-state index in [-0.39, 0.29) is 5.75 Å². The summed E-state index contributed by atoms with van der Waals surface area (Å²) in [6, 6.07) is 5.21. The van der Waals surface area contributed by atoms with Gasteiger partial charge in [0.2, 0.25) is 0 Å². The molecule has 0 aromatic heterocycles. The topological polar surface area (TPSA) is 60.8 Å². The average Bonchev–Trinajstić information content (AvgIpc) is 2.38. The van der Waals surface area contributed by atoms with Gasteiger partial charge in [0, 0.05) is 30.4 Å². The fraction of sp³-hybridized carbons (Fsp3) is 0.400. The van der Waals surface area contributed by atoms with Gasteiger partial charge in [-0.3, -0.25) is 0 Å². The van der Waals surface area contributed by atoms with Crippen molar-refractivity contribution in [1.82, 2.24) is 0 Å². The standard InChI is InChI=1S/C15H21NO3/c1-4-12(15(18)19)8-9-16(5-2)14-10-13(17)7-6-11(14)3/h6-8,10,17H,4-5,9H2,1-3H3,(H,18,19)/b12-8-. The Bertz CT molecular complexity index is 480. The van der Waals surface area contributed by atoms with E-state index in [0.29, 0.717) is 18.5 Å². The monoisotopic (exact) mass is 263 g/mol. The number of hydrogen-bond acceptors (Lipinski definition) is 3. The van der Waals surface area contributed by atoms with Crippen LogP contribution in [0.2, 0.25) is 0 Å². The van der Waals surface area contributed by atoms with Crippen molar-refractivity contribution in [3.63, 3.8) is 0 Å². The Morgan fingerprint density at radius 3 is 2.58 bits per heavy atom. The average molecular weight is 263 g/mol. The molecule has 0 spiro atoms. The lowest BCUT2D eigenvalue weighted by molar-refractivity contribution is -0.132. The van der Waals surface area contributed by atoms with Crippen LogP contribution in [0.25, 0.3) is 0 Å². The van der Waals surface area contributed by atoms with E-state index in [1.54, 1.807) is 18.2 Å². The lowest BCUT2D eigenvalue weighted by Gasteiger charge is -2.24. The molecule has 0 unspecified atom stereocenters. The molecule has 4 nitrogen and oxygen atoms in total. The van der Waals surface area contributed by atoms with Gasteiger partial charge in [0.05, 0.1) is 0 Å². The molecule has 0 radical (unpaired) electrons. The first-order chi connectivity index (χ1) is 8.99. The largest absolute Gasteiger partial charge is 0.508 e. The molecule has 4 heteroatoms. The molecule has 0 aliphatic heterocycles. The summed E-state index contributed by atoms with van der Waals surface area (Å²) in [7, 11) is 0. The van der Waals surface area contributed by atoms with E-state index >= 15 is 0 Å². The number of aromatic hydroxyl groups is 1. The van der Waals surface area contributed by atoms with Gasteiger partial charge in [0.25, 0.3) is 0 Å². The Hall–Kier alpha value is -1.97. The first kappa shape index (κ1) is 15.1. The highest BCUT2D eigenvalue weighted by Gasteiger charge is 2.09. The van der Waals surface area contributed by atoms with Crippen molar-refractivity contribution in [3.8, 4) is 5.75 Å². The van der Waals surface area contributed by atoms with Gasteiger partial charge in [-0.1, -0.05) is 19.1 Å². The van der Waals surface area contributed by atoms with Crippen LogP contribution in [0.4, 0.5) is 5.69 Å². The summed E-state index contributed by atoms with van der Waals surface area (Å²) >= 11 is 0. The predicted octanol–water partition coefficient (Wildman–Crippen LogP) is 2.95. The Kier molecular flexibility index (Phi) is 5.42. The molecule has 0 fully saturated rings. The third kappa shape index (κ3) is 4.02. The second-order valence-electron chi connectivity index (χ2n) is 4.40. The minimum Gasteiger partial charge on any atom is -0.508 e. The van der Waals surface area contributed by atoms with E-state index in [2.05, 4.69) is 0 Å². The van der Waals surface area contributed by atoms with Gasteiger partial charge in [0.15, 0.2) is 0 Å². The van der Waals surface area contributed by atoms with Crippen LogP contribution in [0, 0.1) is 6.92 Å². The van der Waals surface area contributed by atoms with Gasteiger partial charge in [-0.15, -0.1) is 0 Å². The molecule has 0 aliphatic rings. The number of carboxylic acid groups (broad SMARTS) is 1. The zero-order valence-electron chi connectivity index (χ0n) is 11.7. The number of carbonyl (C=O) groups is 1. The van der Waals surface area contributed by atoms with Crippen LogP contribution in [0.3, 0.4) is 0 Å². The number of hydrogen-bond donors (Lipinski definition) is 2.